The molecule has 0 radical (unpaired) electrons. The molecule has 1 atom stereocenters. The van der Waals surface area contributed by atoms with Crippen molar-refractivity contribution in [1.82, 2.24) is 15.0 Å². The fourth-order valence-electron chi connectivity index (χ4n) is 4.79. The van der Waals surface area contributed by atoms with Crippen LogP contribution >= 0.6 is 0 Å². The summed E-state index contributed by atoms with van der Waals surface area (Å²) >= 11 is 0. The highest BCUT2D eigenvalue weighted by molar-refractivity contribution is 5.90. The molecule has 0 bridgehead atoms. The molecule has 0 spiro atoms. The molecule has 174 valence electrons. The first kappa shape index (κ1) is 21.9. The quantitative estimate of drug-likeness (QED) is 0.588. The third-order valence-corrected chi connectivity index (χ3v) is 6.61. The zero-order chi connectivity index (χ0) is 22.8. The third kappa shape index (κ3) is 4.45. The van der Waals surface area contributed by atoms with Crippen LogP contribution in [0.2, 0.25) is 0 Å². The average Bonchev–Trinajstić information content (AvgIpc) is 3.36. The third-order valence-electron chi connectivity index (χ3n) is 6.61. The minimum Gasteiger partial charge on any atom is -0.496 e. The number of nitrogens with one attached hydrogen (secondary N) is 1. The Bertz CT molecular complexity index is 1130. The molecule has 3 heterocycles. The fraction of sp³-hybridized carbons (Fsp3) is 0.480. The van der Waals surface area contributed by atoms with Crippen LogP contribution in [0.5, 0.6) is 5.75 Å². The minimum absolute atomic E-state index is 0.0959. The topological polar surface area (TPSA) is 92.6 Å². The van der Waals surface area contributed by atoms with Crippen molar-refractivity contribution in [3.63, 3.8) is 0 Å². The van der Waals surface area contributed by atoms with Gasteiger partial charge in [-0.25, -0.2) is 4.98 Å². The van der Waals surface area contributed by atoms with E-state index in [0.717, 1.165) is 47.4 Å². The molecule has 2 N–H and O–H groups in total. The summed E-state index contributed by atoms with van der Waals surface area (Å²) in [6.07, 6.45) is 4.78. The standard InChI is InChI=1S/C25H31N5O3/c1-16-15-33-12-11-30(16)24-20-8-9-21(17-7-10-22(32-2)18(13-17)14-31)27-23(20)28-25(29-24)26-19-5-3-4-6-19/h7-10,13,16,19,31H,3-6,11-12,14-15H2,1-2H3,(H,26,27,28,29)/t16-/m0/s1. The van der Waals surface area contributed by atoms with Crippen LogP contribution in [-0.2, 0) is 11.3 Å². The van der Waals surface area contributed by atoms with Crippen molar-refractivity contribution in [3.05, 3.63) is 35.9 Å². The number of morpholine rings is 1. The summed E-state index contributed by atoms with van der Waals surface area (Å²) < 4.78 is 11.0. The molecule has 2 fully saturated rings. The summed E-state index contributed by atoms with van der Waals surface area (Å²) in [6.45, 7) is 4.21. The Hall–Kier alpha value is -2.97. The number of anilines is 2. The van der Waals surface area contributed by atoms with Crippen LogP contribution in [0.3, 0.4) is 0 Å². The summed E-state index contributed by atoms with van der Waals surface area (Å²) in [5.41, 5.74) is 3.10. The summed E-state index contributed by atoms with van der Waals surface area (Å²) in [7, 11) is 1.60. The molecule has 1 aliphatic heterocycles. The van der Waals surface area contributed by atoms with E-state index in [-0.39, 0.29) is 12.6 Å². The summed E-state index contributed by atoms with van der Waals surface area (Å²) in [6, 6.07) is 10.4. The molecule has 8 nitrogen and oxygen atoms in total. The maximum Gasteiger partial charge on any atom is 0.226 e. The second-order valence-electron chi connectivity index (χ2n) is 8.87. The van der Waals surface area contributed by atoms with E-state index in [1.54, 1.807) is 7.11 Å². The predicted molar refractivity (Wildman–Crippen MR) is 129 cm³/mol. The van der Waals surface area contributed by atoms with Crippen molar-refractivity contribution in [3.8, 4) is 17.0 Å². The first-order valence-electron chi connectivity index (χ1n) is 11.7. The number of aliphatic hydroxyl groups is 1. The van der Waals surface area contributed by atoms with E-state index in [1.165, 1.54) is 12.8 Å². The Morgan fingerprint density at radius 3 is 2.76 bits per heavy atom. The first-order chi connectivity index (χ1) is 16.2. The van der Waals surface area contributed by atoms with E-state index >= 15 is 0 Å². The Kier molecular flexibility index (Phi) is 6.28. The van der Waals surface area contributed by atoms with Crippen LogP contribution in [0.25, 0.3) is 22.3 Å². The molecule has 8 heteroatoms. The van der Waals surface area contributed by atoms with E-state index in [4.69, 9.17) is 24.4 Å². The van der Waals surface area contributed by atoms with Crippen molar-refractivity contribution < 1.29 is 14.6 Å². The zero-order valence-corrected chi connectivity index (χ0v) is 19.3. The van der Waals surface area contributed by atoms with E-state index < -0.39 is 0 Å². The number of pyridine rings is 1. The Morgan fingerprint density at radius 1 is 1.15 bits per heavy atom. The number of hydrogen-bond donors (Lipinski definition) is 2. The van der Waals surface area contributed by atoms with E-state index in [9.17, 15) is 5.11 Å². The van der Waals surface area contributed by atoms with E-state index in [0.29, 0.717) is 36.6 Å². The highest BCUT2D eigenvalue weighted by atomic mass is 16.5. The van der Waals surface area contributed by atoms with Crippen molar-refractivity contribution >= 4 is 22.8 Å². The van der Waals surface area contributed by atoms with Crippen LogP contribution in [0.4, 0.5) is 11.8 Å². The molecular weight excluding hydrogens is 418 g/mol. The first-order valence-corrected chi connectivity index (χ1v) is 11.7. The minimum atomic E-state index is -0.0959. The average molecular weight is 450 g/mol. The molecule has 5 rings (SSSR count). The van der Waals surface area contributed by atoms with E-state index in [1.807, 2.05) is 24.3 Å². The predicted octanol–water partition coefficient (Wildman–Crippen LogP) is 3.77. The molecule has 2 aliphatic rings. The van der Waals surface area contributed by atoms with Gasteiger partial charge in [-0.1, -0.05) is 12.8 Å². The van der Waals surface area contributed by atoms with Gasteiger partial charge in [0.05, 0.1) is 44.1 Å². The van der Waals surface area contributed by atoms with E-state index in [2.05, 4.69) is 23.2 Å². The van der Waals surface area contributed by atoms with Crippen LogP contribution < -0.4 is 15.0 Å². The number of rotatable bonds is 6. The Balaban J connectivity index is 1.59. The lowest BCUT2D eigenvalue weighted by atomic mass is 10.1. The van der Waals surface area contributed by atoms with Gasteiger partial charge in [-0.05, 0) is 50.1 Å². The molecular formula is C25H31N5O3. The number of nitrogens with zero attached hydrogens (tertiary/aromatic N) is 4. The molecule has 1 aliphatic carbocycles. The highest BCUT2D eigenvalue weighted by Gasteiger charge is 2.25. The lowest BCUT2D eigenvalue weighted by Gasteiger charge is -2.35. The molecule has 0 unspecified atom stereocenters. The van der Waals surface area contributed by atoms with Crippen LogP contribution in [0, 0.1) is 0 Å². The molecule has 0 amide bonds. The second kappa shape index (κ2) is 9.49. The van der Waals surface area contributed by atoms with Gasteiger partial charge in [0, 0.05) is 23.7 Å². The van der Waals surface area contributed by atoms with Crippen molar-refractivity contribution in [2.24, 2.45) is 0 Å². The summed E-state index contributed by atoms with van der Waals surface area (Å²) in [4.78, 5) is 17.0. The Labute approximate surface area is 194 Å². The van der Waals surface area contributed by atoms with Gasteiger partial charge in [0.15, 0.2) is 5.65 Å². The smallest absolute Gasteiger partial charge is 0.226 e. The second-order valence-corrected chi connectivity index (χ2v) is 8.87. The molecule has 1 aromatic carbocycles. The molecule has 33 heavy (non-hydrogen) atoms. The number of aromatic nitrogens is 3. The van der Waals surface area contributed by atoms with Crippen molar-refractivity contribution in [2.45, 2.75) is 51.3 Å². The van der Waals surface area contributed by atoms with Crippen LogP contribution in [0.1, 0.15) is 38.2 Å². The van der Waals surface area contributed by atoms with Gasteiger partial charge < -0.3 is 24.8 Å². The lowest BCUT2D eigenvalue weighted by molar-refractivity contribution is 0.0987. The van der Waals surface area contributed by atoms with Gasteiger partial charge in [-0.15, -0.1) is 0 Å². The largest absolute Gasteiger partial charge is 0.496 e. The number of aliphatic hydroxyl groups excluding tert-OH is 1. The van der Waals surface area contributed by atoms with Crippen molar-refractivity contribution in [1.29, 1.82) is 0 Å². The maximum absolute atomic E-state index is 9.73. The number of fused-ring (bicyclic) bond motifs is 1. The lowest BCUT2D eigenvalue weighted by Crippen LogP contribution is -2.44. The van der Waals surface area contributed by atoms with Crippen LogP contribution in [0.15, 0.2) is 30.3 Å². The molecule has 3 aromatic rings. The number of benzene rings is 1. The van der Waals surface area contributed by atoms with Gasteiger partial charge in [0.25, 0.3) is 0 Å². The van der Waals surface area contributed by atoms with Gasteiger partial charge in [-0.3, -0.25) is 0 Å². The van der Waals surface area contributed by atoms with Crippen LogP contribution in [-0.4, -0.2) is 59.0 Å². The molecule has 2 aromatic heterocycles. The number of ether oxygens (including phenoxy) is 2. The molecule has 1 saturated heterocycles. The Morgan fingerprint density at radius 2 is 2.00 bits per heavy atom. The summed E-state index contributed by atoms with van der Waals surface area (Å²) in [5, 5.41) is 14.2. The number of hydrogen-bond acceptors (Lipinski definition) is 8. The monoisotopic (exact) mass is 449 g/mol. The highest BCUT2D eigenvalue weighted by Crippen LogP contribution is 2.32. The molecule has 1 saturated carbocycles. The SMILES string of the molecule is COc1ccc(-c2ccc3c(N4CCOC[C@@H]4C)nc(NC4CCCC4)nc3n2)cc1CO. The van der Waals surface area contributed by atoms with Gasteiger partial charge in [0.2, 0.25) is 5.95 Å². The summed E-state index contributed by atoms with van der Waals surface area (Å²) in [5.74, 6) is 2.20. The van der Waals surface area contributed by atoms with Gasteiger partial charge in [-0.2, -0.15) is 9.97 Å². The van der Waals surface area contributed by atoms with Gasteiger partial charge in [0.1, 0.15) is 11.6 Å². The normalized spacial score (nSPS) is 19.2. The van der Waals surface area contributed by atoms with Gasteiger partial charge >= 0.3 is 0 Å². The fourth-order valence-corrected chi connectivity index (χ4v) is 4.79. The zero-order valence-electron chi connectivity index (χ0n) is 19.3. The maximum atomic E-state index is 9.73. The van der Waals surface area contributed by atoms with Crippen molar-refractivity contribution in [2.75, 3.05) is 37.1 Å². The number of methoxy groups -OCH3 is 1.